The fourth-order valence-electron chi connectivity index (χ4n) is 2.02. The number of halogens is 3. The Bertz CT molecular complexity index is 403. The molecule has 1 saturated heterocycles. The molecule has 1 aliphatic heterocycles. The number of hydrogen-bond acceptors (Lipinski definition) is 4. The smallest absolute Gasteiger partial charge is 0.391 e. The molecule has 0 N–H and O–H groups in total. The Morgan fingerprint density at radius 1 is 1.28 bits per heavy atom. The van der Waals surface area contributed by atoms with Crippen LogP contribution in [0.25, 0.3) is 0 Å². The van der Waals surface area contributed by atoms with Gasteiger partial charge in [-0.05, 0) is 12.8 Å². The normalized spacial score (nSPS) is 17.9. The van der Waals surface area contributed by atoms with E-state index < -0.39 is 12.1 Å². The van der Waals surface area contributed by atoms with Crippen molar-refractivity contribution in [3.05, 3.63) is 12.4 Å². The van der Waals surface area contributed by atoms with Gasteiger partial charge in [0.15, 0.2) is 5.82 Å². The molecule has 1 fully saturated rings. The lowest BCUT2D eigenvalue weighted by Gasteiger charge is -2.33. The monoisotopic (exact) mass is 261 g/mol. The van der Waals surface area contributed by atoms with Crippen molar-refractivity contribution in [3.63, 3.8) is 0 Å². The number of nitrogens with zero attached hydrogens (tertiary/aromatic N) is 3. The second-order valence-corrected chi connectivity index (χ2v) is 4.22. The molecule has 0 bridgehead atoms. The molecule has 0 aliphatic carbocycles. The molecule has 2 heterocycles. The minimum absolute atomic E-state index is 0.0996. The van der Waals surface area contributed by atoms with Gasteiger partial charge in [0.05, 0.1) is 25.4 Å². The molecule has 0 aromatic carbocycles. The standard InChI is InChI=1S/C11H14F3N3O/c1-18-10-7-15-6-9(16-10)17-4-2-8(3-5-17)11(12,13)14/h6-8H,2-5H2,1H3. The summed E-state index contributed by atoms with van der Waals surface area (Å²) in [5.41, 5.74) is 0. The van der Waals surface area contributed by atoms with Gasteiger partial charge in [-0.1, -0.05) is 0 Å². The van der Waals surface area contributed by atoms with Crippen molar-refractivity contribution < 1.29 is 17.9 Å². The van der Waals surface area contributed by atoms with Gasteiger partial charge in [0.1, 0.15) is 0 Å². The first-order chi connectivity index (χ1) is 8.50. The maximum Gasteiger partial charge on any atom is 0.391 e. The third-order valence-electron chi connectivity index (χ3n) is 3.09. The Balaban J connectivity index is 2.01. The summed E-state index contributed by atoms with van der Waals surface area (Å²) >= 11 is 0. The number of piperidine rings is 1. The zero-order valence-electron chi connectivity index (χ0n) is 9.94. The van der Waals surface area contributed by atoms with Gasteiger partial charge in [0, 0.05) is 13.1 Å². The van der Waals surface area contributed by atoms with Crippen molar-refractivity contribution in [3.8, 4) is 5.88 Å². The number of alkyl halides is 3. The number of ether oxygens (including phenoxy) is 1. The Labute approximate surface area is 103 Å². The molecule has 18 heavy (non-hydrogen) atoms. The number of anilines is 1. The van der Waals surface area contributed by atoms with Crippen LogP contribution in [0.3, 0.4) is 0 Å². The fraction of sp³-hybridized carbons (Fsp3) is 0.636. The third-order valence-corrected chi connectivity index (χ3v) is 3.09. The number of rotatable bonds is 2. The van der Waals surface area contributed by atoms with Gasteiger partial charge >= 0.3 is 6.18 Å². The summed E-state index contributed by atoms with van der Waals surface area (Å²) in [4.78, 5) is 9.91. The van der Waals surface area contributed by atoms with Crippen LogP contribution in [0, 0.1) is 5.92 Å². The molecular formula is C11H14F3N3O. The molecule has 1 aliphatic rings. The first-order valence-corrected chi connectivity index (χ1v) is 5.68. The van der Waals surface area contributed by atoms with E-state index in [4.69, 9.17) is 4.74 Å². The van der Waals surface area contributed by atoms with Crippen LogP contribution in [-0.2, 0) is 0 Å². The third kappa shape index (κ3) is 2.83. The SMILES string of the molecule is COc1cncc(N2CCC(C(F)(F)F)CC2)n1. The summed E-state index contributed by atoms with van der Waals surface area (Å²) in [5, 5.41) is 0. The summed E-state index contributed by atoms with van der Waals surface area (Å²) in [5.74, 6) is -0.271. The molecule has 0 atom stereocenters. The quantitative estimate of drug-likeness (QED) is 0.818. The Hall–Kier alpha value is -1.53. The maximum absolute atomic E-state index is 12.5. The van der Waals surface area contributed by atoms with Crippen LogP contribution in [-0.4, -0.2) is 36.3 Å². The number of aromatic nitrogens is 2. The summed E-state index contributed by atoms with van der Waals surface area (Å²) < 4.78 is 42.5. The average Bonchev–Trinajstić information content (AvgIpc) is 2.38. The van der Waals surface area contributed by atoms with E-state index in [1.165, 1.54) is 19.5 Å². The molecule has 0 amide bonds. The molecule has 100 valence electrons. The zero-order valence-corrected chi connectivity index (χ0v) is 9.94. The van der Waals surface area contributed by atoms with Crippen molar-refractivity contribution in [2.24, 2.45) is 5.92 Å². The minimum atomic E-state index is -4.09. The van der Waals surface area contributed by atoms with E-state index in [2.05, 4.69) is 9.97 Å². The van der Waals surface area contributed by atoms with E-state index in [0.29, 0.717) is 24.8 Å². The molecule has 4 nitrogen and oxygen atoms in total. The summed E-state index contributed by atoms with van der Waals surface area (Å²) in [6.45, 7) is 0.679. The van der Waals surface area contributed by atoms with Crippen LogP contribution >= 0.6 is 0 Å². The van der Waals surface area contributed by atoms with E-state index >= 15 is 0 Å². The summed E-state index contributed by atoms with van der Waals surface area (Å²) in [6.07, 6.45) is -0.890. The average molecular weight is 261 g/mol. The highest BCUT2D eigenvalue weighted by Crippen LogP contribution is 2.35. The Morgan fingerprint density at radius 3 is 2.50 bits per heavy atom. The molecule has 0 saturated carbocycles. The van der Waals surface area contributed by atoms with Gasteiger partial charge in [-0.2, -0.15) is 18.2 Å². The van der Waals surface area contributed by atoms with Crippen molar-refractivity contribution in [2.45, 2.75) is 19.0 Å². The topological polar surface area (TPSA) is 38.2 Å². The van der Waals surface area contributed by atoms with Crippen molar-refractivity contribution in [2.75, 3.05) is 25.1 Å². The highest BCUT2D eigenvalue weighted by molar-refractivity contribution is 5.38. The van der Waals surface area contributed by atoms with Gasteiger partial charge in [-0.25, -0.2) is 0 Å². The summed E-state index contributed by atoms with van der Waals surface area (Å²) in [7, 11) is 1.48. The second-order valence-electron chi connectivity index (χ2n) is 4.22. The highest BCUT2D eigenvalue weighted by Gasteiger charge is 2.41. The van der Waals surface area contributed by atoms with Crippen molar-refractivity contribution in [1.29, 1.82) is 0 Å². The lowest BCUT2D eigenvalue weighted by Crippen LogP contribution is -2.39. The van der Waals surface area contributed by atoms with Crippen LogP contribution in [0.4, 0.5) is 19.0 Å². The predicted octanol–water partition coefficient (Wildman–Crippen LogP) is 2.26. The molecular weight excluding hydrogens is 247 g/mol. The van der Waals surface area contributed by atoms with Gasteiger partial charge in [-0.15, -0.1) is 0 Å². The lowest BCUT2D eigenvalue weighted by atomic mass is 9.96. The van der Waals surface area contributed by atoms with Gasteiger partial charge in [0.2, 0.25) is 5.88 Å². The van der Waals surface area contributed by atoms with Gasteiger partial charge in [0.25, 0.3) is 0 Å². The van der Waals surface area contributed by atoms with E-state index in [1.807, 2.05) is 0 Å². The Kier molecular flexibility index (Phi) is 3.58. The number of hydrogen-bond donors (Lipinski definition) is 0. The fourth-order valence-corrected chi connectivity index (χ4v) is 2.02. The van der Waals surface area contributed by atoms with E-state index in [9.17, 15) is 13.2 Å². The largest absolute Gasteiger partial charge is 0.480 e. The van der Waals surface area contributed by atoms with Crippen LogP contribution in [0.2, 0.25) is 0 Å². The number of methoxy groups -OCH3 is 1. The minimum Gasteiger partial charge on any atom is -0.480 e. The molecule has 0 spiro atoms. The van der Waals surface area contributed by atoms with E-state index in [0.717, 1.165) is 0 Å². The van der Waals surface area contributed by atoms with Gasteiger partial charge in [-0.3, -0.25) is 4.98 Å². The molecule has 1 aromatic rings. The van der Waals surface area contributed by atoms with Gasteiger partial charge < -0.3 is 9.64 Å². The first kappa shape index (κ1) is 12.9. The van der Waals surface area contributed by atoms with Crippen LogP contribution in [0.15, 0.2) is 12.4 Å². The molecule has 0 unspecified atom stereocenters. The first-order valence-electron chi connectivity index (χ1n) is 5.68. The Morgan fingerprint density at radius 2 is 1.94 bits per heavy atom. The van der Waals surface area contributed by atoms with Crippen LogP contribution in [0.1, 0.15) is 12.8 Å². The molecule has 0 radical (unpaired) electrons. The van der Waals surface area contributed by atoms with Crippen LogP contribution < -0.4 is 9.64 Å². The molecule has 1 aromatic heterocycles. The zero-order chi connectivity index (χ0) is 13.2. The maximum atomic E-state index is 12.5. The molecule has 2 rings (SSSR count). The van der Waals surface area contributed by atoms with Crippen molar-refractivity contribution in [1.82, 2.24) is 9.97 Å². The molecule has 7 heteroatoms. The summed E-state index contributed by atoms with van der Waals surface area (Å²) in [6, 6.07) is 0. The van der Waals surface area contributed by atoms with E-state index in [1.54, 1.807) is 4.90 Å². The second kappa shape index (κ2) is 4.99. The van der Waals surface area contributed by atoms with E-state index in [-0.39, 0.29) is 12.8 Å². The van der Waals surface area contributed by atoms with Crippen LogP contribution in [0.5, 0.6) is 5.88 Å². The lowest BCUT2D eigenvalue weighted by molar-refractivity contribution is -0.179. The van der Waals surface area contributed by atoms with Crippen molar-refractivity contribution >= 4 is 5.82 Å². The highest BCUT2D eigenvalue weighted by atomic mass is 19.4. The predicted molar refractivity (Wildman–Crippen MR) is 59.6 cm³/mol.